The number of nitrogens with zero attached hydrogens (tertiary/aromatic N) is 2. The predicted octanol–water partition coefficient (Wildman–Crippen LogP) is 4.96. The Morgan fingerprint density at radius 3 is 2.24 bits per heavy atom. The molecule has 3 nitrogen and oxygen atoms in total. The third kappa shape index (κ3) is 3.35. The Hall–Kier alpha value is -1.19. The van der Waals surface area contributed by atoms with Gasteiger partial charge in [0, 0.05) is 11.0 Å². The first-order chi connectivity index (χ1) is 9.88. The summed E-state index contributed by atoms with van der Waals surface area (Å²) in [5.41, 5.74) is 2.60. The van der Waals surface area contributed by atoms with Crippen molar-refractivity contribution in [3.63, 3.8) is 0 Å². The molecule has 0 radical (unpaired) electrons. The maximum atomic E-state index is 6.46. The summed E-state index contributed by atoms with van der Waals surface area (Å²) >= 11 is 12.5. The number of ether oxygens (including phenoxy) is 1. The van der Waals surface area contributed by atoms with E-state index < -0.39 is 0 Å². The van der Waals surface area contributed by atoms with Crippen LogP contribution < -0.4 is 4.74 Å². The summed E-state index contributed by atoms with van der Waals surface area (Å²) in [6.45, 7) is 8.91. The van der Waals surface area contributed by atoms with Crippen molar-refractivity contribution >= 4 is 23.2 Å². The topological polar surface area (TPSA) is 27.1 Å². The van der Waals surface area contributed by atoms with Crippen LogP contribution in [0.4, 0.5) is 0 Å². The molecule has 1 aromatic heterocycles. The van der Waals surface area contributed by atoms with Crippen LogP contribution in [0.3, 0.4) is 0 Å². The molecule has 0 aliphatic carbocycles. The molecule has 0 bridgehead atoms. The number of hydrogen-bond donors (Lipinski definition) is 0. The van der Waals surface area contributed by atoms with Gasteiger partial charge in [-0.25, -0.2) is 4.68 Å². The van der Waals surface area contributed by atoms with Crippen LogP contribution in [-0.2, 0) is 11.3 Å². The second-order valence-electron chi connectivity index (χ2n) is 5.84. The minimum atomic E-state index is -0.107. The minimum absolute atomic E-state index is 0.107. The standard InChI is InChI=1S/C16H20Cl2N2O/c1-5-21-12-8-6-11(7-9-12)20-15(18)13(10-17)14(19-20)16(2,3)4/h6-9H,5,10H2,1-4H3. The third-order valence-electron chi connectivity index (χ3n) is 3.16. The van der Waals surface area contributed by atoms with Crippen molar-refractivity contribution in [2.24, 2.45) is 0 Å². The highest BCUT2D eigenvalue weighted by Gasteiger charge is 2.25. The Balaban J connectivity index is 2.47. The quantitative estimate of drug-likeness (QED) is 0.742. The molecule has 2 aromatic rings. The third-order valence-corrected chi connectivity index (χ3v) is 3.81. The molecular formula is C16H20Cl2N2O. The molecule has 2 rings (SSSR count). The zero-order valence-corrected chi connectivity index (χ0v) is 14.3. The van der Waals surface area contributed by atoms with Gasteiger partial charge in [-0.15, -0.1) is 11.6 Å². The second-order valence-corrected chi connectivity index (χ2v) is 6.47. The highest BCUT2D eigenvalue weighted by atomic mass is 35.5. The number of alkyl halides is 1. The predicted molar refractivity (Wildman–Crippen MR) is 88.0 cm³/mol. The first kappa shape index (κ1) is 16.2. The molecule has 1 aromatic carbocycles. The van der Waals surface area contributed by atoms with Gasteiger partial charge in [0.15, 0.2) is 0 Å². The van der Waals surface area contributed by atoms with Crippen LogP contribution in [0.5, 0.6) is 5.75 Å². The van der Waals surface area contributed by atoms with Gasteiger partial charge < -0.3 is 4.74 Å². The van der Waals surface area contributed by atoms with Crippen LogP contribution in [0, 0.1) is 0 Å². The van der Waals surface area contributed by atoms with Gasteiger partial charge in [-0.2, -0.15) is 5.10 Å². The lowest BCUT2D eigenvalue weighted by atomic mass is 9.90. The van der Waals surface area contributed by atoms with Gasteiger partial charge >= 0.3 is 0 Å². The molecule has 0 saturated carbocycles. The summed E-state index contributed by atoms with van der Waals surface area (Å²) in [7, 11) is 0. The average molecular weight is 327 g/mol. The fraction of sp³-hybridized carbons (Fsp3) is 0.438. The van der Waals surface area contributed by atoms with Crippen molar-refractivity contribution in [1.82, 2.24) is 9.78 Å². The van der Waals surface area contributed by atoms with E-state index in [1.54, 1.807) is 4.68 Å². The van der Waals surface area contributed by atoms with Gasteiger partial charge in [-0.1, -0.05) is 32.4 Å². The van der Waals surface area contributed by atoms with Crippen molar-refractivity contribution in [3.8, 4) is 11.4 Å². The summed E-state index contributed by atoms with van der Waals surface area (Å²) in [4.78, 5) is 0. The lowest BCUT2D eigenvalue weighted by Gasteiger charge is -2.16. The molecule has 0 aliphatic heterocycles. The molecule has 0 saturated heterocycles. The molecular weight excluding hydrogens is 307 g/mol. The normalized spacial score (nSPS) is 11.7. The molecule has 0 amide bonds. The van der Waals surface area contributed by atoms with Crippen LogP contribution in [0.25, 0.3) is 5.69 Å². The van der Waals surface area contributed by atoms with E-state index >= 15 is 0 Å². The van der Waals surface area contributed by atoms with Crippen LogP contribution in [0.2, 0.25) is 5.15 Å². The number of benzene rings is 1. The number of halogens is 2. The van der Waals surface area contributed by atoms with E-state index in [0.717, 1.165) is 22.7 Å². The van der Waals surface area contributed by atoms with Crippen molar-refractivity contribution in [3.05, 3.63) is 40.7 Å². The fourth-order valence-electron chi connectivity index (χ4n) is 2.17. The minimum Gasteiger partial charge on any atom is -0.494 e. The van der Waals surface area contributed by atoms with Gasteiger partial charge in [0.05, 0.1) is 23.9 Å². The fourth-order valence-corrected chi connectivity index (χ4v) is 2.79. The smallest absolute Gasteiger partial charge is 0.137 e. The van der Waals surface area contributed by atoms with E-state index in [4.69, 9.17) is 27.9 Å². The average Bonchev–Trinajstić information content (AvgIpc) is 2.77. The van der Waals surface area contributed by atoms with Crippen molar-refractivity contribution in [2.75, 3.05) is 6.61 Å². The molecule has 0 N–H and O–H groups in total. The summed E-state index contributed by atoms with van der Waals surface area (Å²) in [5, 5.41) is 5.23. The maximum Gasteiger partial charge on any atom is 0.137 e. The van der Waals surface area contributed by atoms with Gasteiger partial charge in [-0.3, -0.25) is 0 Å². The summed E-state index contributed by atoms with van der Waals surface area (Å²) in [5.74, 6) is 1.18. The Labute approximate surface area is 135 Å². The summed E-state index contributed by atoms with van der Waals surface area (Å²) < 4.78 is 7.18. The van der Waals surface area contributed by atoms with E-state index in [1.165, 1.54) is 0 Å². The highest BCUT2D eigenvalue weighted by Crippen LogP contribution is 2.33. The number of aromatic nitrogens is 2. The zero-order chi connectivity index (χ0) is 15.6. The Morgan fingerprint density at radius 2 is 1.81 bits per heavy atom. The van der Waals surface area contributed by atoms with Crippen LogP contribution in [-0.4, -0.2) is 16.4 Å². The molecule has 0 aliphatic rings. The largest absolute Gasteiger partial charge is 0.494 e. The van der Waals surface area contributed by atoms with Gasteiger partial charge in [0.2, 0.25) is 0 Å². The van der Waals surface area contributed by atoms with E-state index in [2.05, 4.69) is 25.9 Å². The first-order valence-electron chi connectivity index (χ1n) is 6.95. The van der Waals surface area contributed by atoms with Crippen LogP contribution in [0.15, 0.2) is 24.3 Å². The summed E-state index contributed by atoms with van der Waals surface area (Å²) in [6, 6.07) is 7.70. The molecule has 0 spiro atoms. The first-order valence-corrected chi connectivity index (χ1v) is 7.86. The van der Waals surface area contributed by atoms with E-state index in [9.17, 15) is 0 Å². The highest BCUT2D eigenvalue weighted by molar-refractivity contribution is 6.31. The molecule has 0 unspecified atom stereocenters. The Kier molecular flexibility index (Phi) is 4.84. The van der Waals surface area contributed by atoms with E-state index in [0.29, 0.717) is 17.6 Å². The molecule has 5 heteroatoms. The second kappa shape index (κ2) is 6.29. The van der Waals surface area contributed by atoms with E-state index in [-0.39, 0.29) is 5.41 Å². The van der Waals surface area contributed by atoms with E-state index in [1.807, 2.05) is 31.2 Å². The van der Waals surface area contributed by atoms with Crippen LogP contribution in [0.1, 0.15) is 39.0 Å². The molecule has 21 heavy (non-hydrogen) atoms. The maximum absolute atomic E-state index is 6.46. The molecule has 0 atom stereocenters. The van der Waals surface area contributed by atoms with Crippen molar-refractivity contribution in [1.29, 1.82) is 0 Å². The molecule has 1 heterocycles. The Morgan fingerprint density at radius 1 is 1.19 bits per heavy atom. The number of rotatable bonds is 4. The lowest BCUT2D eigenvalue weighted by Crippen LogP contribution is -2.14. The zero-order valence-electron chi connectivity index (χ0n) is 12.8. The monoisotopic (exact) mass is 326 g/mol. The number of hydrogen-bond acceptors (Lipinski definition) is 2. The van der Waals surface area contributed by atoms with Crippen molar-refractivity contribution in [2.45, 2.75) is 39.0 Å². The molecule has 114 valence electrons. The van der Waals surface area contributed by atoms with Gasteiger partial charge in [0.25, 0.3) is 0 Å². The van der Waals surface area contributed by atoms with Gasteiger partial charge in [-0.05, 0) is 31.2 Å². The van der Waals surface area contributed by atoms with Crippen molar-refractivity contribution < 1.29 is 4.74 Å². The van der Waals surface area contributed by atoms with Crippen LogP contribution >= 0.6 is 23.2 Å². The van der Waals surface area contributed by atoms with Gasteiger partial charge in [0.1, 0.15) is 10.9 Å². The SMILES string of the molecule is CCOc1ccc(-n2nc(C(C)(C)C)c(CCl)c2Cl)cc1. The molecule has 0 fully saturated rings. The summed E-state index contributed by atoms with van der Waals surface area (Å²) in [6.07, 6.45) is 0. The Bertz CT molecular complexity index is 612. The lowest BCUT2D eigenvalue weighted by molar-refractivity contribution is 0.340.